The largest absolute Gasteiger partial charge is 0.394 e. The van der Waals surface area contributed by atoms with Gasteiger partial charge in [0, 0.05) is 6.42 Å². The van der Waals surface area contributed by atoms with Gasteiger partial charge in [-0.05, 0) is 96.3 Å². The summed E-state index contributed by atoms with van der Waals surface area (Å²) in [6, 6.07) is -0.937. The molecule has 472 valence electrons. The van der Waals surface area contributed by atoms with Gasteiger partial charge >= 0.3 is 0 Å². The zero-order valence-electron chi connectivity index (χ0n) is 50.9. The second kappa shape index (κ2) is 52.5. The van der Waals surface area contributed by atoms with Crippen LogP contribution in [-0.2, 0) is 23.7 Å². The Morgan fingerprint density at radius 1 is 0.446 bits per heavy atom. The summed E-state index contributed by atoms with van der Waals surface area (Å²) >= 11 is 0. The molecule has 0 aromatic rings. The second-order valence-electron chi connectivity index (χ2n) is 21.8. The maximum atomic E-state index is 13.2. The first-order chi connectivity index (χ1) is 40.6. The number of unbranched alkanes of at least 4 members (excludes halogenated alkanes) is 16. The molecular formula is C69H113NO13. The highest BCUT2D eigenvalue weighted by atomic mass is 16.7. The van der Waals surface area contributed by atoms with Crippen LogP contribution >= 0.6 is 0 Å². The number of carbonyl (C=O) groups is 1. The van der Waals surface area contributed by atoms with Crippen molar-refractivity contribution in [3.05, 3.63) is 134 Å². The molecule has 2 aliphatic heterocycles. The Morgan fingerprint density at radius 2 is 0.843 bits per heavy atom. The molecule has 0 radical (unpaired) electrons. The van der Waals surface area contributed by atoms with Crippen LogP contribution in [0.3, 0.4) is 0 Å². The molecule has 14 heteroatoms. The summed E-state index contributed by atoms with van der Waals surface area (Å²) in [6.07, 6.45) is 61.2. The molecule has 2 saturated heterocycles. The van der Waals surface area contributed by atoms with Gasteiger partial charge in [0.05, 0.1) is 32.0 Å². The molecule has 0 saturated carbocycles. The quantitative estimate of drug-likeness (QED) is 0.0204. The minimum atomic E-state index is -1.79. The van der Waals surface area contributed by atoms with Gasteiger partial charge in [-0.1, -0.05) is 231 Å². The molecule has 1 amide bonds. The minimum absolute atomic E-state index is 0.260. The van der Waals surface area contributed by atoms with Gasteiger partial charge in [-0.3, -0.25) is 4.79 Å². The number of hydrogen-bond donors (Lipinski definition) is 9. The number of aliphatic hydroxyl groups is 8. The van der Waals surface area contributed by atoms with Crippen LogP contribution in [-0.4, -0.2) is 140 Å². The third-order valence-corrected chi connectivity index (χ3v) is 14.6. The Kier molecular flexibility index (Phi) is 47.5. The van der Waals surface area contributed by atoms with Crippen molar-refractivity contribution in [1.29, 1.82) is 0 Å². The molecule has 12 unspecified atom stereocenters. The van der Waals surface area contributed by atoms with E-state index in [1.165, 1.54) is 57.8 Å². The van der Waals surface area contributed by atoms with Crippen molar-refractivity contribution in [3.8, 4) is 0 Å². The first-order valence-electron chi connectivity index (χ1n) is 31.9. The molecule has 2 fully saturated rings. The monoisotopic (exact) mass is 1160 g/mol. The molecule has 0 aromatic carbocycles. The molecule has 2 aliphatic rings. The van der Waals surface area contributed by atoms with Crippen LogP contribution < -0.4 is 5.32 Å². The smallest absolute Gasteiger partial charge is 0.220 e. The van der Waals surface area contributed by atoms with Crippen molar-refractivity contribution >= 4 is 5.91 Å². The number of allylic oxidation sites excluding steroid dienone is 21. The lowest BCUT2D eigenvalue weighted by molar-refractivity contribution is -0.359. The third kappa shape index (κ3) is 37.3. The van der Waals surface area contributed by atoms with E-state index in [1.807, 2.05) is 6.08 Å². The van der Waals surface area contributed by atoms with Crippen LogP contribution in [0.15, 0.2) is 134 Å². The molecule has 0 bridgehead atoms. The summed E-state index contributed by atoms with van der Waals surface area (Å²) in [7, 11) is 0. The average molecular weight is 1160 g/mol. The lowest BCUT2D eigenvalue weighted by atomic mass is 9.97. The number of rotatable bonds is 49. The highest BCUT2D eigenvalue weighted by Gasteiger charge is 2.51. The van der Waals surface area contributed by atoms with E-state index in [-0.39, 0.29) is 18.9 Å². The fraction of sp³-hybridized carbons (Fsp3) is 0.667. The van der Waals surface area contributed by atoms with Gasteiger partial charge in [0.25, 0.3) is 0 Å². The molecule has 2 rings (SSSR count). The highest BCUT2D eigenvalue weighted by molar-refractivity contribution is 5.76. The summed E-state index contributed by atoms with van der Waals surface area (Å²) in [5.74, 6) is -0.260. The van der Waals surface area contributed by atoms with E-state index in [1.54, 1.807) is 6.08 Å². The Morgan fingerprint density at radius 3 is 1.33 bits per heavy atom. The fourth-order valence-electron chi connectivity index (χ4n) is 9.46. The topological polar surface area (TPSA) is 228 Å². The van der Waals surface area contributed by atoms with Crippen molar-refractivity contribution in [2.75, 3.05) is 19.8 Å². The molecule has 2 heterocycles. The van der Waals surface area contributed by atoms with Gasteiger partial charge in [0.15, 0.2) is 12.6 Å². The zero-order valence-corrected chi connectivity index (χ0v) is 50.9. The van der Waals surface area contributed by atoms with Crippen LogP contribution in [0, 0.1) is 0 Å². The van der Waals surface area contributed by atoms with E-state index in [9.17, 15) is 45.6 Å². The Labute approximate surface area is 500 Å². The van der Waals surface area contributed by atoms with Crippen LogP contribution in [0.5, 0.6) is 0 Å². The molecule has 9 N–H and O–H groups in total. The van der Waals surface area contributed by atoms with Crippen molar-refractivity contribution in [3.63, 3.8) is 0 Å². The molecule has 12 atom stereocenters. The van der Waals surface area contributed by atoms with E-state index in [0.29, 0.717) is 12.8 Å². The SMILES string of the molecule is CC/C=C\C/C=C\C/C=C\C/C=C\C/C=C\C/C=C\C/C=C\C/C=C\C/C=C\CCCCCCCCCCCCCCCC(=O)NC(COC1OC(CO)C(OC2OC(CO)C(O)C(O)C2O)C(O)C1O)C(O)/C=C/CC/C=C/CCCC. The van der Waals surface area contributed by atoms with Gasteiger partial charge in [0.2, 0.25) is 5.91 Å². The maximum absolute atomic E-state index is 13.2. The maximum Gasteiger partial charge on any atom is 0.220 e. The predicted octanol–water partition coefficient (Wildman–Crippen LogP) is 11.9. The van der Waals surface area contributed by atoms with Gasteiger partial charge < -0.3 is 65.1 Å². The molecule has 14 nitrogen and oxygen atoms in total. The van der Waals surface area contributed by atoms with Crippen molar-refractivity contribution in [1.82, 2.24) is 5.32 Å². The summed E-state index contributed by atoms with van der Waals surface area (Å²) in [5, 5.41) is 86.7. The summed E-state index contributed by atoms with van der Waals surface area (Å²) in [4.78, 5) is 13.2. The van der Waals surface area contributed by atoms with Crippen LogP contribution in [0.25, 0.3) is 0 Å². The van der Waals surface area contributed by atoms with Gasteiger partial charge in [0.1, 0.15) is 48.8 Å². The fourth-order valence-corrected chi connectivity index (χ4v) is 9.46. The number of ether oxygens (including phenoxy) is 4. The number of aliphatic hydroxyl groups excluding tert-OH is 8. The highest BCUT2D eigenvalue weighted by Crippen LogP contribution is 2.30. The van der Waals surface area contributed by atoms with Crippen LogP contribution in [0.1, 0.15) is 200 Å². The van der Waals surface area contributed by atoms with E-state index < -0.39 is 86.8 Å². The Hall–Kier alpha value is -3.87. The lowest BCUT2D eigenvalue weighted by Gasteiger charge is -2.46. The minimum Gasteiger partial charge on any atom is -0.394 e. The van der Waals surface area contributed by atoms with Crippen molar-refractivity contribution < 1.29 is 64.6 Å². The first-order valence-corrected chi connectivity index (χ1v) is 31.9. The van der Waals surface area contributed by atoms with Crippen molar-refractivity contribution in [2.45, 2.75) is 274 Å². The van der Waals surface area contributed by atoms with E-state index >= 15 is 0 Å². The van der Waals surface area contributed by atoms with E-state index in [4.69, 9.17) is 18.9 Å². The summed E-state index contributed by atoms with van der Waals surface area (Å²) in [5.41, 5.74) is 0. The van der Waals surface area contributed by atoms with Gasteiger partial charge in [-0.15, -0.1) is 0 Å². The number of nitrogens with one attached hydrogen (secondary N) is 1. The molecule has 83 heavy (non-hydrogen) atoms. The Bertz CT molecular complexity index is 1900. The third-order valence-electron chi connectivity index (χ3n) is 14.6. The Balaban J connectivity index is 1.55. The average Bonchev–Trinajstić information content (AvgIpc) is 3.45. The normalized spacial score (nSPS) is 24.7. The summed E-state index contributed by atoms with van der Waals surface area (Å²) < 4.78 is 22.7. The van der Waals surface area contributed by atoms with Crippen LogP contribution in [0.4, 0.5) is 0 Å². The lowest BCUT2D eigenvalue weighted by Crippen LogP contribution is -2.65. The zero-order chi connectivity index (χ0) is 60.2. The van der Waals surface area contributed by atoms with Crippen molar-refractivity contribution in [2.24, 2.45) is 0 Å². The number of amides is 1. The predicted molar refractivity (Wildman–Crippen MR) is 336 cm³/mol. The number of hydrogen-bond acceptors (Lipinski definition) is 13. The molecular weight excluding hydrogens is 1050 g/mol. The van der Waals surface area contributed by atoms with E-state index in [2.05, 4.69) is 141 Å². The molecule has 0 aliphatic carbocycles. The molecule has 0 spiro atoms. The molecule has 0 aromatic heterocycles. The number of carbonyl (C=O) groups excluding carboxylic acids is 1. The van der Waals surface area contributed by atoms with Gasteiger partial charge in [-0.2, -0.15) is 0 Å². The second-order valence-corrected chi connectivity index (χ2v) is 21.8. The first kappa shape index (κ1) is 75.2. The van der Waals surface area contributed by atoms with Crippen LogP contribution in [0.2, 0.25) is 0 Å². The standard InChI is InChI=1S/C69H113NO13/c1-3-5-7-9-11-13-14-15-16-17-18-19-20-21-22-23-24-25-26-27-28-29-30-31-32-33-34-35-36-37-38-39-40-41-42-43-44-45-47-49-51-53-61(74)70-57(58(73)52-50-48-46-12-10-8-6-4-2)56-80-68-66(79)64(77)67(60(55-72)82-68)83-69-65(78)63(76)62(75)59(54-71)81-69/h5,7,10-13,15-16,18-19,21-22,24-25,27-28,30-31,33-34,50,52,57-60,62-69,71-73,75-79H,3-4,6,8-9,14,17,20,23,26,29,32,35-49,51,53-56H2,1-2H3,(H,70,74)/b7-5-,12-10+,13-11-,16-15-,19-18-,22-21-,25-24-,28-27-,31-30-,34-33-,52-50+. The summed E-state index contributed by atoms with van der Waals surface area (Å²) in [6.45, 7) is 2.55. The van der Waals surface area contributed by atoms with E-state index in [0.717, 1.165) is 109 Å². The van der Waals surface area contributed by atoms with Gasteiger partial charge in [-0.25, -0.2) is 0 Å².